The summed E-state index contributed by atoms with van der Waals surface area (Å²) in [6, 6.07) is 23.2. The number of nitrogens with one attached hydrogen (secondary N) is 1. The van der Waals surface area contributed by atoms with E-state index in [2.05, 4.69) is 64.3 Å². The Morgan fingerprint density at radius 2 is 1.70 bits per heavy atom. The van der Waals surface area contributed by atoms with Gasteiger partial charge >= 0.3 is 0 Å². The van der Waals surface area contributed by atoms with Crippen molar-refractivity contribution in [3.05, 3.63) is 89.5 Å². The standard InChI is InChI=1S/C33H35N5O2/c1-21-5-11-25(12-6-21)38-32-17-27(40-4)15-16-28(32)37-31-18-29(36-24-8-7-22(2)34-20-24)30(19-33(31)38)35-23-9-13-26(39-3)14-10-23/h5-8,11-12,15-20,23,26,36H,9-10,13-14H2,1-4H3/b35-30+. The summed E-state index contributed by atoms with van der Waals surface area (Å²) in [6.07, 6.45) is 6.25. The van der Waals surface area contributed by atoms with Crippen molar-refractivity contribution < 1.29 is 9.47 Å². The number of nitrogens with zero attached hydrogens (tertiary/aromatic N) is 4. The predicted octanol–water partition coefficient (Wildman–Crippen LogP) is 6.75. The third-order valence-electron chi connectivity index (χ3n) is 7.78. The van der Waals surface area contributed by atoms with Gasteiger partial charge in [-0.2, -0.15) is 0 Å². The van der Waals surface area contributed by atoms with Gasteiger partial charge in [0.05, 0.1) is 64.6 Å². The van der Waals surface area contributed by atoms with Crippen molar-refractivity contribution in [2.45, 2.75) is 51.7 Å². The Labute approximate surface area is 234 Å². The Kier molecular flexibility index (Phi) is 7.22. The maximum absolute atomic E-state index is 5.61. The van der Waals surface area contributed by atoms with Gasteiger partial charge in [0.15, 0.2) is 0 Å². The van der Waals surface area contributed by atoms with Gasteiger partial charge in [0.25, 0.3) is 0 Å². The van der Waals surface area contributed by atoms with E-state index in [9.17, 15) is 0 Å². The van der Waals surface area contributed by atoms with E-state index in [0.717, 1.165) is 82.0 Å². The Morgan fingerprint density at radius 3 is 2.40 bits per heavy atom. The van der Waals surface area contributed by atoms with Crippen molar-refractivity contribution in [2.24, 2.45) is 4.99 Å². The molecule has 1 saturated carbocycles. The van der Waals surface area contributed by atoms with E-state index >= 15 is 0 Å². The number of fused-ring (bicyclic) bond motifs is 2. The first-order chi connectivity index (χ1) is 19.5. The van der Waals surface area contributed by atoms with Gasteiger partial charge in [0, 0.05) is 24.6 Å². The number of pyridine rings is 1. The number of hydrogen-bond acceptors (Lipinski definition) is 6. The second kappa shape index (κ2) is 11.1. The molecule has 204 valence electrons. The molecule has 0 saturated heterocycles. The summed E-state index contributed by atoms with van der Waals surface area (Å²) in [5.74, 6) is 0.791. The number of methoxy groups -OCH3 is 2. The fraction of sp³-hybridized carbons (Fsp3) is 0.303. The number of anilines is 2. The molecule has 0 bridgehead atoms. The van der Waals surface area contributed by atoms with E-state index in [4.69, 9.17) is 19.5 Å². The first kappa shape index (κ1) is 26.0. The monoisotopic (exact) mass is 533 g/mol. The molecule has 2 aromatic carbocycles. The van der Waals surface area contributed by atoms with E-state index in [-0.39, 0.29) is 6.04 Å². The third kappa shape index (κ3) is 5.29. The molecular formula is C33H35N5O2. The highest BCUT2D eigenvalue weighted by atomic mass is 16.5. The van der Waals surface area contributed by atoms with Gasteiger partial charge in [0.2, 0.25) is 0 Å². The number of hydrogen-bond donors (Lipinski definition) is 1. The third-order valence-corrected chi connectivity index (χ3v) is 7.78. The topological polar surface area (TPSA) is 73.6 Å². The first-order valence-electron chi connectivity index (χ1n) is 13.9. The van der Waals surface area contributed by atoms with E-state index in [1.807, 2.05) is 37.4 Å². The maximum Gasteiger partial charge on any atom is 0.121 e. The molecule has 2 aliphatic carbocycles. The molecule has 7 nitrogen and oxygen atoms in total. The molecule has 6 rings (SSSR count). The largest absolute Gasteiger partial charge is 0.497 e. The van der Waals surface area contributed by atoms with E-state index in [1.165, 1.54) is 5.56 Å². The van der Waals surface area contributed by atoms with Crippen LogP contribution in [0.25, 0.3) is 28.1 Å². The lowest BCUT2D eigenvalue weighted by Crippen LogP contribution is -2.25. The highest BCUT2D eigenvalue weighted by Gasteiger charge is 2.22. The van der Waals surface area contributed by atoms with Gasteiger partial charge in [-0.25, -0.2) is 4.98 Å². The maximum atomic E-state index is 5.61. The van der Waals surface area contributed by atoms with E-state index < -0.39 is 0 Å². The smallest absolute Gasteiger partial charge is 0.121 e. The van der Waals surface area contributed by atoms with Gasteiger partial charge in [0.1, 0.15) is 5.75 Å². The van der Waals surface area contributed by atoms with Crippen LogP contribution in [0.5, 0.6) is 5.75 Å². The SMILES string of the molecule is COc1ccc2nc3cc(Nc4ccc(C)nc4)/c(=N/C4CCC(OC)CC4)cc-3n(-c3ccc(C)cc3)c2c1. The highest BCUT2D eigenvalue weighted by molar-refractivity contribution is 5.85. The predicted molar refractivity (Wildman–Crippen MR) is 160 cm³/mol. The lowest BCUT2D eigenvalue weighted by molar-refractivity contribution is 0.0663. The molecule has 0 amide bonds. The van der Waals surface area contributed by atoms with Gasteiger partial charge in [-0.15, -0.1) is 0 Å². The zero-order valence-electron chi connectivity index (χ0n) is 23.5. The van der Waals surface area contributed by atoms with E-state index in [1.54, 1.807) is 14.2 Å². The number of aryl methyl sites for hydroxylation is 2. The summed E-state index contributed by atoms with van der Waals surface area (Å²) in [7, 11) is 3.50. The molecule has 7 heteroatoms. The second-order valence-electron chi connectivity index (χ2n) is 10.6. The molecule has 1 N–H and O–H groups in total. The summed E-state index contributed by atoms with van der Waals surface area (Å²) in [6.45, 7) is 4.10. The molecule has 0 radical (unpaired) electrons. The van der Waals surface area contributed by atoms with Crippen molar-refractivity contribution >= 4 is 22.4 Å². The molecule has 40 heavy (non-hydrogen) atoms. The van der Waals surface area contributed by atoms with Gasteiger partial charge in [-0.05, 0) is 88.1 Å². The fourth-order valence-corrected chi connectivity index (χ4v) is 5.48. The minimum atomic E-state index is 0.238. The average molecular weight is 534 g/mol. The number of ether oxygens (including phenoxy) is 2. The Bertz CT molecular complexity index is 1670. The van der Waals surface area contributed by atoms with Crippen LogP contribution in [0.3, 0.4) is 0 Å². The van der Waals surface area contributed by atoms with Crippen molar-refractivity contribution in [3.8, 4) is 22.8 Å². The summed E-state index contributed by atoms with van der Waals surface area (Å²) in [5.41, 5.74) is 8.82. The molecule has 3 aromatic rings. The van der Waals surface area contributed by atoms with Crippen LogP contribution in [0.15, 0.2) is 77.9 Å². The first-order valence-corrected chi connectivity index (χ1v) is 13.9. The molecular weight excluding hydrogens is 498 g/mol. The Hall–Kier alpha value is -4.23. The molecule has 2 heterocycles. The van der Waals surface area contributed by atoms with Crippen molar-refractivity contribution in [3.63, 3.8) is 0 Å². The number of benzene rings is 3. The van der Waals surface area contributed by atoms with Crippen molar-refractivity contribution in [1.29, 1.82) is 0 Å². The van der Waals surface area contributed by atoms with Crippen molar-refractivity contribution in [1.82, 2.24) is 14.5 Å². The minimum absolute atomic E-state index is 0.238. The highest BCUT2D eigenvalue weighted by Crippen LogP contribution is 2.32. The lowest BCUT2D eigenvalue weighted by atomic mass is 9.93. The van der Waals surface area contributed by atoms with Gasteiger partial charge < -0.3 is 19.4 Å². The molecule has 0 atom stereocenters. The zero-order valence-corrected chi connectivity index (χ0v) is 23.5. The zero-order chi connectivity index (χ0) is 27.6. The minimum Gasteiger partial charge on any atom is -0.497 e. The van der Waals surface area contributed by atoms with Crippen molar-refractivity contribution in [2.75, 3.05) is 19.5 Å². The van der Waals surface area contributed by atoms with Crippen LogP contribution in [-0.4, -0.2) is 40.9 Å². The fourth-order valence-electron chi connectivity index (χ4n) is 5.48. The number of aromatic nitrogens is 3. The van der Waals surface area contributed by atoms with Gasteiger partial charge in [-0.3, -0.25) is 9.98 Å². The normalized spacial score (nSPS) is 17.9. The molecule has 3 aliphatic rings. The summed E-state index contributed by atoms with van der Waals surface area (Å²) < 4.78 is 13.5. The summed E-state index contributed by atoms with van der Waals surface area (Å²) in [4.78, 5) is 14.9. The Morgan fingerprint density at radius 1 is 0.900 bits per heavy atom. The van der Waals surface area contributed by atoms with Crippen LogP contribution in [0.1, 0.15) is 36.9 Å². The average Bonchev–Trinajstić information content (AvgIpc) is 2.98. The molecule has 0 spiro atoms. The van der Waals surface area contributed by atoms with Gasteiger partial charge in [-0.1, -0.05) is 17.7 Å². The Balaban J connectivity index is 1.59. The van der Waals surface area contributed by atoms with Crippen LogP contribution in [0.2, 0.25) is 0 Å². The quantitative estimate of drug-likeness (QED) is 0.244. The summed E-state index contributed by atoms with van der Waals surface area (Å²) in [5, 5.41) is 4.50. The van der Waals surface area contributed by atoms with Crippen LogP contribution in [0.4, 0.5) is 11.4 Å². The second-order valence-corrected chi connectivity index (χ2v) is 10.6. The molecule has 1 aliphatic heterocycles. The summed E-state index contributed by atoms with van der Waals surface area (Å²) >= 11 is 0. The van der Waals surface area contributed by atoms with Crippen LogP contribution >= 0.6 is 0 Å². The molecule has 0 unspecified atom stereocenters. The van der Waals surface area contributed by atoms with Crippen LogP contribution < -0.4 is 15.4 Å². The number of rotatable bonds is 6. The molecule has 1 aromatic heterocycles. The van der Waals surface area contributed by atoms with Crippen LogP contribution in [0, 0.1) is 13.8 Å². The lowest BCUT2D eigenvalue weighted by Gasteiger charge is -2.25. The van der Waals surface area contributed by atoms with Crippen LogP contribution in [-0.2, 0) is 4.74 Å². The molecule has 1 fully saturated rings. The van der Waals surface area contributed by atoms with E-state index in [0.29, 0.717) is 6.10 Å².